The van der Waals surface area contributed by atoms with E-state index in [1.807, 2.05) is 12.1 Å². The van der Waals surface area contributed by atoms with Crippen LogP contribution in [0, 0.1) is 0 Å². The number of rotatable bonds is 4. The second-order valence-corrected chi connectivity index (χ2v) is 4.17. The van der Waals surface area contributed by atoms with E-state index in [1.165, 1.54) is 12.8 Å². The summed E-state index contributed by atoms with van der Waals surface area (Å²) in [5, 5.41) is 4.01. The minimum absolute atomic E-state index is 0.386. The van der Waals surface area contributed by atoms with E-state index in [0.29, 0.717) is 11.1 Å². The molecule has 1 saturated heterocycles. The van der Waals surface area contributed by atoms with Gasteiger partial charge >= 0.3 is 0 Å². The summed E-state index contributed by atoms with van der Waals surface area (Å²) < 4.78 is 5.51. The normalized spacial score (nSPS) is 20.7. The van der Waals surface area contributed by atoms with Crippen molar-refractivity contribution in [1.82, 2.24) is 10.3 Å². The van der Waals surface area contributed by atoms with Crippen LogP contribution in [0.4, 0.5) is 0 Å². The molecule has 1 unspecified atom stereocenters. The van der Waals surface area contributed by atoms with Gasteiger partial charge in [-0.2, -0.15) is 0 Å². The first-order valence-electron chi connectivity index (χ1n) is 5.27. The van der Waals surface area contributed by atoms with Crippen molar-refractivity contribution in [3.05, 3.63) is 29.0 Å². The van der Waals surface area contributed by atoms with Crippen LogP contribution in [0.25, 0.3) is 0 Å². The van der Waals surface area contributed by atoms with Gasteiger partial charge in [0.05, 0.1) is 16.8 Å². The third kappa shape index (κ3) is 3.45. The number of ether oxygens (including phenoxy) is 1. The molecule has 3 nitrogen and oxygen atoms in total. The van der Waals surface area contributed by atoms with Crippen molar-refractivity contribution in [3.8, 4) is 0 Å². The zero-order chi connectivity index (χ0) is 10.5. The molecule has 1 aromatic heterocycles. The fourth-order valence-corrected chi connectivity index (χ4v) is 1.79. The third-order valence-electron chi connectivity index (χ3n) is 2.49. The quantitative estimate of drug-likeness (QED) is 0.853. The second-order valence-electron chi connectivity index (χ2n) is 3.73. The van der Waals surface area contributed by atoms with Crippen LogP contribution >= 0.6 is 11.6 Å². The summed E-state index contributed by atoms with van der Waals surface area (Å²) in [6, 6.07) is 3.79. The number of pyridine rings is 1. The fraction of sp³-hybridized carbons (Fsp3) is 0.545. The maximum absolute atomic E-state index is 5.75. The van der Waals surface area contributed by atoms with Crippen LogP contribution in [0.15, 0.2) is 18.3 Å². The first kappa shape index (κ1) is 10.9. The van der Waals surface area contributed by atoms with Crippen LogP contribution in [-0.4, -0.2) is 24.2 Å². The van der Waals surface area contributed by atoms with E-state index in [0.717, 1.165) is 25.4 Å². The maximum Gasteiger partial charge on any atom is 0.0700 e. The molecule has 4 heteroatoms. The molecule has 1 fully saturated rings. The molecule has 1 aromatic rings. The standard InChI is InChI=1S/C11H15ClN2O/c12-9-3-4-10(14-6-9)7-13-8-11-2-1-5-15-11/h3-4,6,11,13H,1-2,5,7-8H2. The van der Waals surface area contributed by atoms with E-state index in [9.17, 15) is 0 Å². The Kier molecular flexibility index (Phi) is 3.94. The lowest BCUT2D eigenvalue weighted by atomic mass is 10.2. The molecule has 2 rings (SSSR count). The molecule has 1 N–H and O–H groups in total. The molecule has 0 aromatic carbocycles. The van der Waals surface area contributed by atoms with Gasteiger partial charge in [0.2, 0.25) is 0 Å². The van der Waals surface area contributed by atoms with Crippen molar-refractivity contribution in [1.29, 1.82) is 0 Å². The SMILES string of the molecule is Clc1ccc(CNCC2CCCO2)nc1. The molecule has 82 valence electrons. The number of aromatic nitrogens is 1. The van der Waals surface area contributed by atoms with E-state index < -0.39 is 0 Å². The second kappa shape index (κ2) is 5.45. The highest BCUT2D eigenvalue weighted by Gasteiger charge is 2.14. The Morgan fingerprint density at radius 3 is 3.13 bits per heavy atom. The molecule has 1 aliphatic rings. The Balaban J connectivity index is 1.71. The summed E-state index contributed by atoms with van der Waals surface area (Å²) >= 11 is 5.75. The lowest BCUT2D eigenvalue weighted by Crippen LogP contribution is -2.26. The van der Waals surface area contributed by atoms with Gasteiger partial charge in [0, 0.05) is 25.9 Å². The fourth-order valence-electron chi connectivity index (χ4n) is 1.68. The van der Waals surface area contributed by atoms with Gasteiger partial charge in [-0.25, -0.2) is 0 Å². The lowest BCUT2D eigenvalue weighted by molar-refractivity contribution is 0.110. The Morgan fingerprint density at radius 1 is 1.53 bits per heavy atom. The molecule has 0 bridgehead atoms. The van der Waals surface area contributed by atoms with E-state index in [1.54, 1.807) is 6.20 Å². The number of hydrogen-bond acceptors (Lipinski definition) is 3. The lowest BCUT2D eigenvalue weighted by Gasteiger charge is -2.10. The number of nitrogens with zero attached hydrogens (tertiary/aromatic N) is 1. The molecule has 0 spiro atoms. The van der Waals surface area contributed by atoms with Gasteiger partial charge in [-0.3, -0.25) is 4.98 Å². The smallest absolute Gasteiger partial charge is 0.0700 e. The molecular formula is C11H15ClN2O. The summed E-state index contributed by atoms with van der Waals surface area (Å²) in [4.78, 5) is 4.21. The summed E-state index contributed by atoms with van der Waals surface area (Å²) in [7, 11) is 0. The molecule has 2 heterocycles. The average Bonchev–Trinajstić information content (AvgIpc) is 2.74. The summed E-state index contributed by atoms with van der Waals surface area (Å²) in [6.07, 6.45) is 4.41. The van der Waals surface area contributed by atoms with Crippen molar-refractivity contribution in [2.45, 2.75) is 25.5 Å². The highest BCUT2D eigenvalue weighted by Crippen LogP contribution is 2.11. The first-order chi connectivity index (χ1) is 7.34. The van der Waals surface area contributed by atoms with Crippen LogP contribution in [0.1, 0.15) is 18.5 Å². The van der Waals surface area contributed by atoms with Crippen LogP contribution in [-0.2, 0) is 11.3 Å². The topological polar surface area (TPSA) is 34.1 Å². The number of halogens is 1. The Hall–Kier alpha value is -0.640. The van der Waals surface area contributed by atoms with Gasteiger partial charge < -0.3 is 10.1 Å². The Morgan fingerprint density at radius 2 is 2.47 bits per heavy atom. The van der Waals surface area contributed by atoms with Crippen LogP contribution in [0.2, 0.25) is 5.02 Å². The predicted molar refractivity (Wildman–Crippen MR) is 59.9 cm³/mol. The molecule has 1 atom stereocenters. The number of nitrogens with one attached hydrogen (secondary N) is 1. The van der Waals surface area contributed by atoms with Crippen molar-refractivity contribution < 1.29 is 4.74 Å². The molecule has 0 saturated carbocycles. The highest BCUT2D eigenvalue weighted by molar-refractivity contribution is 6.30. The van der Waals surface area contributed by atoms with Crippen molar-refractivity contribution in [2.75, 3.05) is 13.2 Å². The Labute approximate surface area is 94.8 Å². The van der Waals surface area contributed by atoms with Gasteiger partial charge in [-0.15, -0.1) is 0 Å². The predicted octanol–water partition coefficient (Wildman–Crippen LogP) is 2.00. The van der Waals surface area contributed by atoms with Crippen molar-refractivity contribution in [2.24, 2.45) is 0 Å². The number of hydrogen-bond donors (Lipinski definition) is 1. The van der Waals surface area contributed by atoms with Gasteiger partial charge in [0.25, 0.3) is 0 Å². The monoisotopic (exact) mass is 226 g/mol. The highest BCUT2D eigenvalue weighted by atomic mass is 35.5. The minimum Gasteiger partial charge on any atom is -0.377 e. The summed E-state index contributed by atoms with van der Waals surface area (Å²) in [5.74, 6) is 0. The van der Waals surface area contributed by atoms with Crippen molar-refractivity contribution >= 4 is 11.6 Å². The zero-order valence-corrected chi connectivity index (χ0v) is 9.33. The molecule has 0 aliphatic carbocycles. The van der Waals surface area contributed by atoms with Gasteiger partial charge in [0.15, 0.2) is 0 Å². The van der Waals surface area contributed by atoms with Gasteiger partial charge in [0.1, 0.15) is 0 Å². The molecule has 1 aliphatic heterocycles. The van der Waals surface area contributed by atoms with E-state index in [4.69, 9.17) is 16.3 Å². The van der Waals surface area contributed by atoms with Crippen LogP contribution in [0.5, 0.6) is 0 Å². The van der Waals surface area contributed by atoms with Gasteiger partial charge in [-0.05, 0) is 25.0 Å². The summed E-state index contributed by atoms with van der Waals surface area (Å²) in [5.41, 5.74) is 1.01. The van der Waals surface area contributed by atoms with Crippen molar-refractivity contribution in [3.63, 3.8) is 0 Å². The van der Waals surface area contributed by atoms with E-state index >= 15 is 0 Å². The molecule has 15 heavy (non-hydrogen) atoms. The van der Waals surface area contributed by atoms with Crippen LogP contribution < -0.4 is 5.32 Å². The zero-order valence-electron chi connectivity index (χ0n) is 8.58. The maximum atomic E-state index is 5.75. The first-order valence-corrected chi connectivity index (χ1v) is 5.65. The molecule has 0 radical (unpaired) electrons. The molecular weight excluding hydrogens is 212 g/mol. The Bertz CT molecular complexity index is 296. The largest absolute Gasteiger partial charge is 0.377 e. The minimum atomic E-state index is 0.386. The van der Waals surface area contributed by atoms with E-state index in [-0.39, 0.29) is 0 Å². The third-order valence-corrected chi connectivity index (χ3v) is 2.71. The average molecular weight is 227 g/mol. The van der Waals surface area contributed by atoms with E-state index in [2.05, 4.69) is 10.3 Å². The summed E-state index contributed by atoms with van der Waals surface area (Å²) in [6.45, 7) is 2.59. The van der Waals surface area contributed by atoms with Gasteiger partial charge in [-0.1, -0.05) is 11.6 Å². The molecule has 0 amide bonds. The van der Waals surface area contributed by atoms with Crippen LogP contribution in [0.3, 0.4) is 0 Å².